The number of hydrogen-bond donors (Lipinski definition) is 2. The highest BCUT2D eigenvalue weighted by atomic mass is 35.5. The van der Waals surface area contributed by atoms with Gasteiger partial charge in [0.15, 0.2) is 0 Å². The van der Waals surface area contributed by atoms with E-state index in [-0.39, 0.29) is 30.7 Å². The van der Waals surface area contributed by atoms with Gasteiger partial charge in [-0.25, -0.2) is 21.6 Å². The Kier molecular flexibility index (Phi) is 8.11. The first-order chi connectivity index (χ1) is 10.7. The highest BCUT2D eigenvalue weighted by Gasteiger charge is 2.29. The zero-order chi connectivity index (χ0) is 17.1. The molecule has 1 fully saturated rings. The topological polar surface area (TPSA) is 110 Å². The maximum Gasteiger partial charge on any atom is 0.252 e. The van der Waals surface area contributed by atoms with Crippen LogP contribution >= 0.6 is 23.7 Å². The standard InChI is InChI=1S/C13H23N3O4S3.ClH/c1-2-22(17,18)15-8-5-12-3-4-13(21-12)23(19,20)16-9-6-11(14)7-10-16;/h3-4,11,15H,2,5-10,14H2,1H3;1H. The molecule has 3 N–H and O–H groups in total. The van der Waals surface area contributed by atoms with Crippen LogP contribution in [0.5, 0.6) is 0 Å². The van der Waals surface area contributed by atoms with Crippen molar-refractivity contribution >= 4 is 43.8 Å². The number of sulfonamides is 2. The van der Waals surface area contributed by atoms with Gasteiger partial charge in [0, 0.05) is 30.6 Å². The summed E-state index contributed by atoms with van der Waals surface area (Å²) in [6, 6.07) is 3.41. The summed E-state index contributed by atoms with van der Waals surface area (Å²) in [5.41, 5.74) is 5.81. The highest BCUT2D eigenvalue weighted by molar-refractivity contribution is 7.91. The maximum absolute atomic E-state index is 12.6. The van der Waals surface area contributed by atoms with Crippen molar-refractivity contribution in [3.8, 4) is 0 Å². The summed E-state index contributed by atoms with van der Waals surface area (Å²) in [5.74, 6) is 0.0359. The van der Waals surface area contributed by atoms with Gasteiger partial charge in [0.25, 0.3) is 10.0 Å². The summed E-state index contributed by atoms with van der Waals surface area (Å²) in [7, 11) is -6.68. The molecule has 1 aromatic heterocycles. The zero-order valence-electron chi connectivity index (χ0n) is 13.5. The lowest BCUT2D eigenvalue weighted by Gasteiger charge is -2.28. The first-order valence-corrected chi connectivity index (χ1v) is 11.5. The zero-order valence-corrected chi connectivity index (χ0v) is 16.7. The molecular weight excluding hydrogens is 394 g/mol. The van der Waals surface area contributed by atoms with E-state index in [2.05, 4.69) is 4.72 Å². The average Bonchev–Trinajstić information content (AvgIpc) is 2.97. The predicted octanol–water partition coefficient (Wildman–Crippen LogP) is 0.764. The number of thiophene rings is 1. The van der Waals surface area contributed by atoms with Gasteiger partial charge in [-0.2, -0.15) is 4.31 Å². The number of nitrogens with zero attached hydrogens (tertiary/aromatic N) is 1. The fourth-order valence-corrected chi connectivity index (χ4v) is 5.90. The Hall–Kier alpha value is -0.230. The molecule has 0 aliphatic carbocycles. The van der Waals surface area contributed by atoms with Crippen LogP contribution in [-0.2, 0) is 26.5 Å². The Morgan fingerprint density at radius 3 is 2.46 bits per heavy atom. The molecule has 11 heteroatoms. The second-order valence-electron chi connectivity index (χ2n) is 5.51. The Labute approximate surface area is 154 Å². The smallest absolute Gasteiger partial charge is 0.252 e. The number of nitrogens with one attached hydrogen (secondary N) is 1. The summed E-state index contributed by atoms with van der Waals surface area (Å²) in [6.45, 7) is 2.75. The molecule has 0 saturated carbocycles. The van der Waals surface area contributed by atoms with Gasteiger partial charge in [0.2, 0.25) is 10.0 Å². The van der Waals surface area contributed by atoms with Crippen molar-refractivity contribution in [2.45, 2.75) is 36.4 Å². The molecule has 0 atom stereocenters. The van der Waals surface area contributed by atoms with E-state index in [0.717, 1.165) is 4.88 Å². The molecule has 1 aliphatic rings. The van der Waals surface area contributed by atoms with E-state index in [4.69, 9.17) is 5.73 Å². The molecule has 24 heavy (non-hydrogen) atoms. The van der Waals surface area contributed by atoms with Gasteiger partial charge in [-0.3, -0.25) is 0 Å². The summed E-state index contributed by atoms with van der Waals surface area (Å²) >= 11 is 1.20. The van der Waals surface area contributed by atoms with E-state index < -0.39 is 20.0 Å². The van der Waals surface area contributed by atoms with Crippen molar-refractivity contribution in [1.82, 2.24) is 9.03 Å². The maximum atomic E-state index is 12.6. The predicted molar refractivity (Wildman–Crippen MR) is 98.7 cm³/mol. The minimum absolute atomic E-state index is 0. The number of piperidine rings is 1. The van der Waals surface area contributed by atoms with Crippen LogP contribution in [0.1, 0.15) is 24.6 Å². The molecule has 0 radical (unpaired) electrons. The lowest BCUT2D eigenvalue weighted by Crippen LogP contribution is -2.42. The van der Waals surface area contributed by atoms with Crippen LogP contribution in [-0.4, -0.2) is 52.6 Å². The molecule has 1 aromatic rings. The third kappa shape index (κ3) is 5.65. The quantitative estimate of drug-likeness (QED) is 0.680. The van der Waals surface area contributed by atoms with E-state index >= 15 is 0 Å². The first kappa shape index (κ1) is 21.8. The molecular formula is C13H24ClN3O4S3. The molecule has 7 nitrogen and oxygen atoms in total. The van der Waals surface area contributed by atoms with Crippen molar-refractivity contribution in [3.05, 3.63) is 17.0 Å². The van der Waals surface area contributed by atoms with Crippen LogP contribution < -0.4 is 10.5 Å². The number of rotatable bonds is 7. The van der Waals surface area contributed by atoms with E-state index in [1.807, 2.05) is 0 Å². The third-order valence-corrected chi connectivity index (χ3v) is 8.72. The minimum atomic E-state index is -3.47. The Bertz CT molecular complexity index is 725. The fraction of sp³-hybridized carbons (Fsp3) is 0.692. The number of hydrogen-bond acceptors (Lipinski definition) is 6. The third-order valence-electron chi connectivity index (χ3n) is 3.80. The van der Waals surface area contributed by atoms with Crippen molar-refractivity contribution in [2.24, 2.45) is 5.73 Å². The lowest BCUT2D eigenvalue weighted by molar-refractivity contribution is 0.320. The van der Waals surface area contributed by atoms with Crippen molar-refractivity contribution < 1.29 is 16.8 Å². The molecule has 1 saturated heterocycles. The second kappa shape index (κ2) is 8.93. The highest BCUT2D eigenvalue weighted by Crippen LogP contribution is 2.27. The lowest BCUT2D eigenvalue weighted by atomic mass is 10.1. The molecule has 2 rings (SSSR count). The Morgan fingerprint density at radius 1 is 1.25 bits per heavy atom. The molecule has 0 spiro atoms. The minimum Gasteiger partial charge on any atom is -0.328 e. The number of nitrogens with two attached hydrogens (primary N) is 1. The summed E-state index contributed by atoms with van der Waals surface area (Å²) < 4.78 is 52.1. The molecule has 0 unspecified atom stereocenters. The molecule has 2 heterocycles. The summed E-state index contributed by atoms with van der Waals surface area (Å²) in [6.07, 6.45) is 1.83. The SMILES string of the molecule is CCS(=O)(=O)NCCc1ccc(S(=O)(=O)N2CCC(N)CC2)s1.Cl. The van der Waals surface area contributed by atoms with Crippen LogP contribution in [0, 0.1) is 0 Å². The molecule has 1 aliphatic heterocycles. The van der Waals surface area contributed by atoms with Crippen LogP contribution in [0.4, 0.5) is 0 Å². The molecule has 0 bridgehead atoms. The molecule has 140 valence electrons. The second-order valence-corrected chi connectivity index (χ2v) is 10.9. The van der Waals surface area contributed by atoms with Gasteiger partial charge >= 0.3 is 0 Å². The Balaban J connectivity index is 0.00000288. The van der Waals surface area contributed by atoms with Gasteiger partial charge in [-0.05, 0) is 38.3 Å². The molecule has 0 amide bonds. The van der Waals surface area contributed by atoms with Gasteiger partial charge < -0.3 is 5.73 Å². The normalized spacial score (nSPS) is 17.6. The first-order valence-electron chi connectivity index (χ1n) is 7.56. The van der Waals surface area contributed by atoms with Crippen molar-refractivity contribution in [2.75, 3.05) is 25.4 Å². The van der Waals surface area contributed by atoms with Crippen LogP contribution in [0.2, 0.25) is 0 Å². The summed E-state index contributed by atoms with van der Waals surface area (Å²) in [5, 5.41) is 0. The van der Waals surface area contributed by atoms with Gasteiger partial charge in [0.1, 0.15) is 4.21 Å². The average molecular weight is 418 g/mol. The van der Waals surface area contributed by atoms with E-state index in [1.54, 1.807) is 19.1 Å². The van der Waals surface area contributed by atoms with Crippen LogP contribution in [0.3, 0.4) is 0 Å². The fourth-order valence-electron chi connectivity index (χ4n) is 2.31. The summed E-state index contributed by atoms with van der Waals surface area (Å²) in [4.78, 5) is 0.844. The van der Waals surface area contributed by atoms with Crippen molar-refractivity contribution in [1.29, 1.82) is 0 Å². The van der Waals surface area contributed by atoms with Gasteiger partial charge in [-0.15, -0.1) is 23.7 Å². The van der Waals surface area contributed by atoms with E-state index in [0.29, 0.717) is 36.6 Å². The van der Waals surface area contributed by atoms with Crippen LogP contribution in [0.25, 0.3) is 0 Å². The van der Waals surface area contributed by atoms with Crippen LogP contribution in [0.15, 0.2) is 16.3 Å². The van der Waals surface area contributed by atoms with Gasteiger partial charge in [-0.1, -0.05) is 0 Å². The largest absolute Gasteiger partial charge is 0.328 e. The Morgan fingerprint density at radius 2 is 1.88 bits per heavy atom. The van der Waals surface area contributed by atoms with Gasteiger partial charge in [0.05, 0.1) is 5.75 Å². The monoisotopic (exact) mass is 417 g/mol. The molecule has 0 aromatic carbocycles. The van der Waals surface area contributed by atoms with E-state index in [1.165, 1.54) is 15.6 Å². The van der Waals surface area contributed by atoms with Crippen molar-refractivity contribution in [3.63, 3.8) is 0 Å². The van der Waals surface area contributed by atoms with E-state index in [9.17, 15) is 16.8 Å². The number of halogens is 1.